The lowest BCUT2D eigenvalue weighted by atomic mass is 10.2. The number of rotatable bonds is 5. The summed E-state index contributed by atoms with van der Waals surface area (Å²) in [6, 6.07) is 1.30. The number of hydrogen-bond donors (Lipinski definition) is 2. The molecule has 0 aromatic carbocycles. The van der Waals surface area contributed by atoms with E-state index >= 15 is 0 Å². The first-order valence-corrected chi connectivity index (χ1v) is 6.22. The molecule has 2 N–H and O–H groups in total. The molecule has 1 heterocycles. The lowest BCUT2D eigenvalue weighted by Crippen LogP contribution is -2.43. The maximum atomic E-state index is 9.92. The van der Waals surface area contributed by atoms with Crippen LogP contribution in [0, 0.1) is 0 Å². The van der Waals surface area contributed by atoms with Crippen LogP contribution in [0.3, 0.4) is 0 Å². The Hall–Kier alpha value is -0.120. The van der Waals surface area contributed by atoms with Crippen molar-refractivity contribution in [2.45, 2.75) is 64.8 Å². The van der Waals surface area contributed by atoms with Gasteiger partial charge in [-0.05, 0) is 13.3 Å². The summed E-state index contributed by atoms with van der Waals surface area (Å²) in [4.78, 5) is 2.40. The number of β-amino-alcohol motifs (C(OH)–C–C–N with tert-alkyl or cyclic N) is 1. The van der Waals surface area contributed by atoms with Gasteiger partial charge in [-0.1, -0.05) is 27.2 Å². The maximum absolute atomic E-state index is 9.92. The van der Waals surface area contributed by atoms with Gasteiger partial charge in [0.15, 0.2) is 0 Å². The van der Waals surface area contributed by atoms with Crippen LogP contribution in [0.4, 0.5) is 0 Å². The SMILES string of the molecule is CCCC(C)N1C[C@@H](O)[C@H](NC(C)C)C1. The van der Waals surface area contributed by atoms with E-state index in [2.05, 4.69) is 37.9 Å². The van der Waals surface area contributed by atoms with Gasteiger partial charge in [-0.3, -0.25) is 4.90 Å². The van der Waals surface area contributed by atoms with E-state index in [-0.39, 0.29) is 12.1 Å². The predicted octanol–water partition coefficient (Wildman–Crippen LogP) is 1.22. The third-order valence-corrected chi connectivity index (χ3v) is 3.19. The minimum absolute atomic E-state index is 0.202. The molecule has 0 aromatic rings. The van der Waals surface area contributed by atoms with Crippen LogP contribution in [0.25, 0.3) is 0 Å². The highest BCUT2D eigenvalue weighted by atomic mass is 16.3. The van der Waals surface area contributed by atoms with Crippen molar-refractivity contribution in [2.24, 2.45) is 0 Å². The third kappa shape index (κ3) is 3.74. The van der Waals surface area contributed by atoms with Crippen molar-refractivity contribution in [2.75, 3.05) is 13.1 Å². The Morgan fingerprint density at radius 2 is 2.00 bits per heavy atom. The molecule has 0 aliphatic carbocycles. The molecule has 3 heteroatoms. The first kappa shape index (κ1) is 12.9. The monoisotopic (exact) mass is 214 g/mol. The standard InChI is InChI=1S/C12H26N2O/c1-5-6-10(4)14-7-11(12(15)8-14)13-9(2)3/h9-13,15H,5-8H2,1-4H3/t10?,11-,12-/m1/s1. The maximum Gasteiger partial charge on any atom is 0.0832 e. The van der Waals surface area contributed by atoms with E-state index in [1.54, 1.807) is 0 Å². The lowest BCUT2D eigenvalue weighted by Gasteiger charge is -2.24. The van der Waals surface area contributed by atoms with Crippen LogP contribution < -0.4 is 5.32 Å². The molecule has 0 spiro atoms. The molecule has 1 fully saturated rings. The molecule has 15 heavy (non-hydrogen) atoms. The molecule has 0 bridgehead atoms. The Morgan fingerprint density at radius 3 is 2.53 bits per heavy atom. The predicted molar refractivity (Wildman–Crippen MR) is 64.0 cm³/mol. The topological polar surface area (TPSA) is 35.5 Å². The summed E-state index contributed by atoms with van der Waals surface area (Å²) in [5.74, 6) is 0. The van der Waals surface area contributed by atoms with Crippen molar-refractivity contribution in [1.82, 2.24) is 10.2 Å². The van der Waals surface area contributed by atoms with Crippen molar-refractivity contribution in [1.29, 1.82) is 0 Å². The number of nitrogens with one attached hydrogen (secondary N) is 1. The van der Waals surface area contributed by atoms with Crippen LogP contribution in [0.2, 0.25) is 0 Å². The Morgan fingerprint density at radius 1 is 1.33 bits per heavy atom. The zero-order valence-electron chi connectivity index (χ0n) is 10.5. The second kappa shape index (κ2) is 5.83. The first-order valence-electron chi connectivity index (χ1n) is 6.22. The van der Waals surface area contributed by atoms with Gasteiger partial charge in [0.05, 0.1) is 6.10 Å². The van der Waals surface area contributed by atoms with Gasteiger partial charge in [-0.25, -0.2) is 0 Å². The smallest absolute Gasteiger partial charge is 0.0832 e. The number of aliphatic hydroxyl groups excluding tert-OH is 1. The summed E-state index contributed by atoms with van der Waals surface area (Å²) in [5, 5.41) is 13.3. The van der Waals surface area contributed by atoms with E-state index < -0.39 is 0 Å². The zero-order valence-corrected chi connectivity index (χ0v) is 10.5. The van der Waals surface area contributed by atoms with Crippen molar-refractivity contribution in [3.05, 3.63) is 0 Å². The molecule has 1 rings (SSSR count). The Kier molecular flexibility index (Phi) is 5.03. The van der Waals surface area contributed by atoms with Gasteiger partial charge in [0.2, 0.25) is 0 Å². The fraction of sp³-hybridized carbons (Fsp3) is 1.00. The zero-order chi connectivity index (χ0) is 11.4. The Labute approximate surface area is 93.9 Å². The van der Waals surface area contributed by atoms with Crippen molar-refractivity contribution in [3.63, 3.8) is 0 Å². The molecule has 1 aliphatic heterocycles. The second-order valence-corrected chi connectivity index (χ2v) is 5.09. The highest BCUT2D eigenvalue weighted by Gasteiger charge is 2.33. The van der Waals surface area contributed by atoms with E-state index in [4.69, 9.17) is 0 Å². The molecule has 1 unspecified atom stereocenters. The number of hydrogen-bond acceptors (Lipinski definition) is 3. The molecular weight excluding hydrogens is 188 g/mol. The average molecular weight is 214 g/mol. The molecule has 3 nitrogen and oxygen atoms in total. The van der Waals surface area contributed by atoms with Crippen LogP contribution in [-0.2, 0) is 0 Å². The van der Waals surface area contributed by atoms with Gasteiger partial charge in [0.25, 0.3) is 0 Å². The summed E-state index contributed by atoms with van der Waals surface area (Å²) >= 11 is 0. The minimum Gasteiger partial charge on any atom is -0.390 e. The molecule has 1 saturated heterocycles. The van der Waals surface area contributed by atoms with Crippen LogP contribution in [0.15, 0.2) is 0 Å². The van der Waals surface area contributed by atoms with Gasteiger partial charge in [0, 0.05) is 31.2 Å². The van der Waals surface area contributed by atoms with E-state index in [9.17, 15) is 5.11 Å². The fourth-order valence-corrected chi connectivity index (χ4v) is 2.37. The van der Waals surface area contributed by atoms with Gasteiger partial charge in [-0.15, -0.1) is 0 Å². The molecule has 1 aliphatic rings. The lowest BCUT2D eigenvalue weighted by molar-refractivity contribution is 0.143. The van der Waals surface area contributed by atoms with Gasteiger partial charge >= 0.3 is 0 Å². The minimum atomic E-state index is -0.202. The summed E-state index contributed by atoms with van der Waals surface area (Å²) in [5.41, 5.74) is 0. The van der Waals surface area contributed by atoms with Crippen molar-refractivity contribution in [3.8, 4) is 0 Å². The van der Waals surface area contributed by atoms with E-state index in [0.717, 1.165) is 13.1 Å². The number of likely N-dealkylation sites (tertiary alicyclic amines) is 1. The first-order chi connectivity index (χ1) is 7.04. The Bertz CT molecular complexity index is 184. The van der Waals surface area contributed by atoms with Gasteiger partial charge in [-0.2, -0.15) is 0 Å². The second-order valence-electron chi connectivity index (χ2n) is 5.09. The third-order valence-electron chi connectivity index (χ3n) is 3.19. The average Bonchev–Trinajstić information content (AvgIpc) is 2.47. The number of aliphatic hydroxyl groups is 1. The van der Waals surface area contributed by atoms with Crippen LogP contribution in [0.1, 0.15) is 40.5 Å². The molecule has 0 aromatic heterocycles. The van der Waals surface area contributed by atoms with Crippen LogP contribution in [0.5, 0.6) is 0 Å². The van der Waals surface area contributed by atoms with E-state index in [1.165, 1.54) is 12.8 Å². The van der Waals surface area contributed by atoms with Crippen molar-refractivity contribution >= 4 is 0 Å². The fourth-order valence-electron chi connectivity index (χ4n) is 2.37. The highest BCUT2D eigenvalue weighted by Crippen LogP contribution is 2.16. The summed E-state index contributed by atoms with van der Waals surface area (Å²) in [6.07, 6.45) is 2.24. The quantitative estimate of drug-likeness (QED) is 0.722. The van der Waals surface area contributed by atoms with Gasteiger partial charge < -0.3 is 10.4 Å². The van der Waals surface area contributed by atoms with Gasteiger partial charge in [0.1, 0.15) is 0 Å². The molecule has 0 saturated carbocycles. The number of nitrogens with zero attached hydrogens (tertiary/aromatic N) is 1. The summed E-state index contributed by atoms with van der Waals surface area (Å²) < 4.78 is 0. The van der Waals surface area contributed by atoms with Crippen LogP contribution in [-0.4, -0.2) is 47.3 Å². The van der Waals surface area contributed by atoms with E-state index in [1.807, 2.05) is 0 Å². The normalized spacial score (nSPS) is 30.0. The van der Waals surface area contributed by atoms with Crippen molar-refractivity contribution < 1.29 is 5.11 Å². The molecule has 0 amide bonds. The van der Waals surface area contributed by atoms with Crippen LogP contribution >= 0.6 is 0 Å². The molecular formula is C12H26N2O. The summed E-state index contributed by atoms with van der Waals surface area (Å²) in [6.45, 7) is 10.5. The molecule has 90 valence electrons. The molecule has 0 radical (unpaired) electrons. The molecule has 3 atom stereocenters. The largest absolute Gasteiger partial charge is 0.390 e. The summed E-state index contributed by atoms with van der Waals surface area (Å²) in [7, 11) is 0. The highest BCUT2D eigenvalue weighted by molar-refractivity contribution is 4.91. The van der Waals surface area contributed by atoms with E-state index in [0.29, 0.717) is 12.1 Å². The Balaban J connectivity index is 2.40.